The smallest absolute Gasteiger partial charge is 0.410 e. The number of halogens is 3. The van der Waals surface area contributed by atoms with Crippen LogP contribution in [0.1, 0.15) is 45.0 Å². The summed E-state index contributed by atoms with van der Waals surface area (Å²) in [5.74, 6) is -3.89. The summed E-state index contributed by atoms with van der Waals surface area (Å²) in [6.45, 7) is 7.20. The molecule has 5 rings (SSSR count). The Hall–Kier alpha value is -4.25. The van der Waals surface area contributed by atoms with Crippen molar-refractivity contribution in [3.05, 3.63) is 77.6 Å². The number of methoxy groups -OCH3 is 1. The van der Waals surface area contributed by atoms with Crippen LogP contribution in [0.5, 0.6) is 11.5 Å². The van der Waals surface area contributed by atoms with Gasteiger partial charge in [0.2, 0.25) is 0 Å². The largest absolute Gasteiger partial charge is 0.465 e. The maximum absolute atomic E-state index is 14.6. The molecule has 0 unspecified atom stereocenters. The molecule has 1 fully saturated rings. The lowest BCUT2D eigenvalue weighted by molar-refractivity contribution is 0.0104. The zero-order valence-corrected chi connectivity index (χ0v) is 25.1. The molecule has 0 saturated carbocycles. The van der Waals surface area contributed by atoms with Crippen molar-refractivity contribution in [1.29, 1.82) is 0 Å². The Bertz CT molecular complexity index is 1680. The van der Waals surface area contributed by atoms with Crippen molar-refractivity contribution in [3.8, 4) is 21.9 Å². The molecule has 0 bridgehead atoms. The Balaban J connectivity index is 0.00000442. The number of ether oxygens (including phenoxy) is 3. The standard InChI is InChI=1S/C32H31F3N2O5S.H2/c1-31(2,3)42-30(39)37-16-21(17-37)36-20-8-10-22(11-9-20)41-27-24-12-6-18(29(38)40-5)14-26(24)43-28(27)23-13-7-19(33)15-25(23)32(4,34)35;/h6-15,21,36H,16-17H2,1-5H3;1H. The lowest BCUT2D eigenvalue weighted by atomic mass is 10.00. The van der Waals surface area contributed by atoms with Crippen molar-refractivity contribution in [2.45, 2.75) is 45.3 Å². The average molecular weight is 615 g/mol. The normalized spacial score (nSPS) is 13.9. The third-order valence-corrected chi connectivity index (χ3v) is 7.91. The van der Waals surface area contributed by atoms with Gasteiger partial charge < -0.3 is 24.4 Å². The molecule has 0 atom stereocenters. The van der Waals surface area contributed by atoms with Gasteiger partial charge in [0.25, 0.3) is 5.92 Å². The molecule has 4 aromatic rings. The molecule has 43 heavy (non-hydrogen) atoms. The van der Waals surface area contributed by atoms with Crippen LogP contribution in [0.3, 0.4) is 0 Å². The number of amides is 1. The summed E-state index contributed by atoms with van der Waals surface area (Å²) in [6, 6.07) is 15.3. The molecule has 7 nitrogen and oxygen atoms in total. The van der Waals surface area contributed by atoms with E-state index >= 15 is 0 Å². The zero-order chi connectivity index (χ0) is 31.1. The number of carbonyl (C=O) groups is 2. The summed E-state index contributed by atoms with van der Waals surface area (Å²) in [7, 11) is 1.27. The van der Waals surface area contributed by atoms with Gasteiger partial charge in [-0.3, -0.25) is 0 Å². The Morgan fingerprint density at radius 3 is 2.33 bits per heavy atom. The second-order valence-electron chi connectivity index (χ2n) is 11.4. The lowest BCUT2D eigenvalue weighted by Crippen LogP contribution is -2.57. The van der Waals surface area contributed by atoms with E-state index in [4.69, 9.17) is 14.2 Å². The number of benzene rings is 3. The van der Waals surface area contributed by atoms with Crippen LogP contribution in [0.15, 0.2) is 60.7 Å². The number of hydrogen-bond acceptors (Lipinski definition) is 7. The number of fused-ring (bicyclic) bond motifs is 1. The van der Waals surface area contributed by atoms with Crippen molar-refractivity contribution < 1.29 is 38.4 Å². The SMILES string of the molecule is COC(=O)c1ccc2c(Oc3ccc(NC4CN(C(=O)OC(C)(C)C)C4)cc3)c(-c3ccc(F)cc3C(C)(F)F)sc2c1.[HH]. The summed E-state index contributed by atoms with van der Waals surface area (Å²) in [4.78, 5) is 26.3. The molecule has 11 heteroatoms. The molecule has 1 aromatic heterocycles. The van der Waals surface area contributed by atoms with Gasteiger partial charge >= 0.3 is 12.1 Å². The molecule has 1 amide bonds. The van der Waals surface area contributed by atoms with E-state index in [-0.39, 0.29) is 19.1 Å². The second-order valence-corrected chi connectivity index (χ2v) is 12.4. The topological polar surface area (TPSA) is 77.1 Å². The van der Waals surface area contributed by atoms with Crippen molar-refractivity contribution in [2.75, 3.05) is 25.5 Å². The first-order valence-corrected chi connectivity index (χ1v) is 14.4. The Morgan fingerprint density at radius 2 is 1.70 bits per heavy atom. The minimum Gasteiger partial charge on any atom is -0.465 e. The second kappa shape index (κ2) is 11.4. The average Bonchev–Trinajstić information content (AvgIpc) is 3.26. The van der Waals surface area contributed by atoms with Crippen molar-refractivity contribution in [3.63, 3.8) is 0 Å². The van der Waals surface area contributed by atoms with Gasteiger partial charge in [0, 0.05) is 48.3 Å². The van der Waals surface area contributed by atoms with Gasteiger partial charge in [-0.25, -0.2) is 22.8 Å². The summed E-state index contributed by atoms with van der Waals surface area (Å²) in [6.07, 6.45) is -0.350. The summed E-state index contributed by atoms with van der Waals surface area (Å²) >= 11 is 1.16. The Morgan fingerprint density at radius 1 is 1.00 bits per heavy atom. The Labute approximate surface area is 252 Å². The fourth-order valence-electron chi connectivity index (χ4n) is 4.69. The number of anilines is 1. The quantitative estimate of drug-likeness (QED) is 0.210. The molecule has 1 N–H and O–H groups in total. The molecule has 1 aliphatic rings. The predicted octanol–water partition coefficient (Wildman–Crippen LogP) is 8.68. The summed E-state index contributed by atoms with van der Waals surface area (Å²) in [5.41, 5.74) is 0.204. The minimum absolute atomic E-state index is 0. The van der Waals surface area contributed by atoms with Crippen molar-refractivity contribution in [1.82, 2.24) is 4.90 Å². The number of hydrogen-bond donors (Lipinski definition) is 1. The number of esters is 1. The third kappa shape index (κ3) is 6.72. The van der Waals surface area contributed by atoms with Gasteiger partial charge in [-0.05, 0) is 75.4 Å². The van der Waals surface area contributed by atoms with Crippen molar-refractivity contribution >= 4 is 39.2 Å². The maximum atomic E-state index is 14.6. The molecule has 1 saturated heterocycles. The van der Waals surface area contributed by atoms with Crippen LogP contribution in [-0.2, 0) is 15.4 Å². The molecule has 2 heterocycles. The minimum atomic E-state index is -3.32. The third-order valence-electron chi connectivity index (χ3n) is 6.74. The number of thiophene rings is 1. The molecule has 228 valence electrons. The van der Waals surface area contributed by atoms with Gasteiger partial charge in [-0.1, -0.05) is 6.07 Å². The van der Waals surface area contributed by atoms with E-state index in [0.717, 1.165) is 36.1 Å². The van der Waals surface area contributed by atoms with Gasteiger partial charge in [0.15, 0.2) is 5.75 Å². The van der Waals surface area contributed by atoms with Gasteiger partial charge in [-0.2, -0.15) is 0 Å². The molecular formula is C32H33F3N2O5S. The summed E-state index contributed by atoms with van der Waals surface area (Å²) < 4.78 is 60.5. The highest BCUT2D eigenvalue weighted by Gasteiger charge is 2.34. The number of likely N-dealkylation sites (tertiary alicyclic amines) is 1. The van der Waals surface area contributed by atoms with Gasteiger partial charge in [0.05, 0.1) is 23.6 Å². The predicted molar refractivity (Wildman–Crippen MR) is 162 cm³/mol. The molecular weight excluding hydrogens is 581 g/mol. The van der Waals surface area contributed by atoms with Crippen LogP contribution in [0.4, 0.5) is 23.7 Å². The van der Waals surface area contributed by atoms with E-state index in [1.807, 2.05) is 32.9 Å². The zero-order valence-electron chi connectivity index (χ0n) is 24.3. The lowest BCUT2D eigenvalue weighted by Gasteiger charge is -2.40. The van der Waals surface area contributed by atoms with Crippen LogP contribution >= 0.6 is 11.3 Å². The van der Waals surface area contributed by atoms with E-state index in [9.17, 15) is 22.8 Å². The number of rotatable bonds is 7. The fraction of sp³-hybridized carbons (Fsp3) is 0.312. The highest BCUT2D eigenvalue weighted by molar-refractivity contribution is 7.22. The van der Waals surface area contributed by atoms with Gasteiger partial charge in [0.1, 0.15) is 17.2 Å². The Kier molecular flexibility index (Phi) is 8.04. The molecule has 1 aliphatic heterocycles. The van der Waals surface area contributed by atoms with Crippen LogP contribution in [0.25, 0.3) is 20.5 Å². The van der Waals surface area contributed by atoms with Crippen LogP contribution in [0, 0.1) is 5.82 Å². The number of nitrogens with one attached hydrogen (secondary N) is 1. The molecule has 3 aromatic carbocycles. The van der Waals surface area contributed by atoms with E-state index in [1.54, 1.807) is 35.2 Å². The fourth-order valence-corrected chi connectivity index (χ4v) is 5.90. The number of nitrogens with zero attached hydrogens (tertiary/aromatic N) is 1. The first-order valence-electron chi connectivity index (χ1n) is 13.6. The first kappa shape index (κ1) is 30.2. The highest BCUT2D eigenvalue weighted by Crippen LogP contribution is 2.49. The van der Waals surface area contributed by atoms with E-state index in [1.165, 1.54) is 13.2 Å². The molecule has 0 aliphatic carbocycles. The van der Waals surface area contributed by atoms with Crippen LogP contribution < -0.4 is 10.1 Å². The van der Waals surface area contributed by atoms with Crippen LogP contribution in [-0.4, -0.2) is 48.8 Å². The highest BCUT2D eigenvalue weighted by atomic mass is 32.1. The first-order chi connectivity index (χ1) is 20.2. The van der Waals surface area contributed by atoms with E-state index < -0.39 is 28.9 Å². The van der Waals surface area contributed by atoms with E-state index in [2.05, 4.69) is 5.32 Å². The number of carbonyl (C=O) groups excluding carboxylic acids is 2. The van der Waals surface area contributed by atoms with Gasteiger partial charge in [-0.15, -0.1) is 11.3 Å². The van der Waals surface area contributed by atoms with E-state index in [0.29, 0.717) is 45.1 Å². The monoisotopic (exact) mass is 614 g/mol. The molecule has 0 radical (unpaired) electrons. The van der Waals surface area contributed by atoms with Crippen molar-refractivity contribution in [2.24, 2.45) is 0 Å². The maximum Gasteiger partial charge on any atom is 0.410 e. The number of alkyl halides is 2. The summed E-state index contributed by atoms with van der Waals surface area (Å²) in [5, 5.41) is 3.96. The molecule has 0 spiro atoms. The van der Waals surface area contributed by atoms with Crippen LogP contribution in [0.2, 0.25) is 0 Å².